The SMILES string of the molecule is Cc1ccc(F)c(NC(=O)Nc2ccc(Oc3ccnc(-c4cc(C(=O)NCCCN5CCOC(CO)C5)c[nH]4)c3)cc2)c1. The number of carbonyl (C=O) groups excluding carboxylic acids is 2. The van der Waals surface area contributed by atoms with E-state index in [4.69, 9.17) is 9.47 Å². The molecule has 5 rings (SSSR count). The van der Waals surface area contributed by atoms with E-state index >= 15 is 0 Å². The number of aryl methyl sites for hydroxylation is 1. The molecule has 1 fully saturated rings. The molecule has 0 radical (unpaired) electrons. The molecule has 230 valence electrons. The lowest BCUT2D eigenvalue weighted by molar-refractivity contribution is -0.0527. The van der Waals surface area contributed by atoms with Crippen molar-refractivity contribution in [1.82, 2.24) is 20.2 Å². The first-order valence-electron chi connectivity index (χ1n) is 14.4. The van der Waals surface area contributed by atoms with Crippen molar-refractivity contribution in [2.45, 2.75) is 19.4 Å². The molecule has 2 aromatic heterocycles. The van der Waals surface area contributed by atoms with Crippen LogP contribution in [0.4, 0.5) is 20.6 Å². The number of morpholine rings is 1. The Morgan fingerprint density at radius 1 is 1.11 bits per heavy atom. The molecular formula is C32H35FN6O5. The van der Waals surface area contributed by atoms with Crippen LogP contribution in [0, 0.1) is 12.7 Å². The lowest BCUT2D eigenvalue weighted by Gasteiger charge is -2.31. The third-order valence-corrected chi connectivity index (χ3v) is 7.03. The molecule has 0 saturated carbocycles. The molecule has 2 aromatic carbocycles. The smallest absolute Gasteiger partial charge is 0.323 e. The number of rotatable bonds is 11. The first-order chi connectivity index (χ1) is 21.4. The van der Waals surface area contributed by atoms with Crippen LogP contribution in [-0.2, 0) is 4.74 Å². The number of nitrogens with zero attached hydrogens (tertiary/aromatic N) is 2. The maximum atomic E-state index is 13.9. The predicted octanol–water partition coefficient (Wildman–Crippen LogP) is 4.77. The number of nitrogens with one attached hydrogen (secondary N) is 4. The van der Waals surface area contributed by atoms with Gasteiger partial charge in [0, 0.05) is 50.3 Å². The Morgan fingerprint density at radius 3 is 2.77 bits per heavy atom. The lowest BCUT2D eigenvalue weighted by atomic mass is 10.2. The standard InChI is InChI=1S/C32H35FN6O5/c1-21-3-8-27(33)28(15-21)38-32(42)37-23-4-6-24(7-5-23)44-25-9-11-34-30(17-25)29-16-22(18-36-29)31(41)35-10-2-12-39-13-14-43-26(19-39)20-40/h3-9,11,15-18,26,36,40H,2,10,12-14,19-20H2,1H3,(H,35,41)(H2,37,38,42). The summed E-state index contributed by atoms with van der Waals surface area (Å²) in [5, 5.41) is 17.4. The van der Waals surface area contributed by atoms with Gasteiger partial charge in [-0.05, 0) is 67.4 Å². The van der Waals surface area contributed by atoms with Gasteiger partial charge in [-0.15, -0.1) is 0 Å². The number of urea groups is 1. The number of ether oxygens (including phenoxy) is 2. The highest BCUT2D eigenvalue weighted by Crippen LogP contribution is 2.27. The first-order valence-corrected chi connectivity index (χ1v) is 14.4. The van der Waals surface area contributed by atoms with Gasteiger partial charge in [0.05, 0.1) is 42.0 Å². The molecule has 1 atom stereocenters. The van der Waals surface area contributed by atoms with Crippen molar-refractivity contribution in [3.8, 4) is 22.9 Å². The average molecular weight is 603 g/mol. The molecule has 3 amide bonds. The number of aliphatic hydroxyl groups excluding tert-OH is 1. The predicted molar refractivity (Wildman–Crippen MR) is 165 cm³/mol. The number of aliphatic hydroxyl groups is 1. The first kappa shape index (κ1) is 30.7. The second-order valence-corrected chi connectivity index (χ2v) is 10.5. The fourth-order valence-electron chi connectivity index (χ4n) is 4.76. The molecule has 1 aliphatic rings. The van der Waals surface area contributed by atoms with Gasteiger partial charge in [-0.25, -0.2) is 9.18 Å². The Kier molecular flexibility index (Phi) is 10.2. The zero-order valence-electron chi connectivity index (χ0n) is 24.3. The number of pyridine rings is 1. The Hall–Kier alpha value is -4.78. The van der Waals surface area contributed by atoms with Crippen LogP contribution in [0.5, 0.6) is 11.5 Å². The number of amides is 3. The molecule has 0 aliphatic carbocycles. The molecule has 3 heterocycles. The molecule has 12 heteroatoms. The van der Waals surface area contributed by atoms with Gasteiger partial charge in [0.1, 0.15) is 17.3 Å². The molecule has 1 unspecified atom stereocenters. The largest absolute Gasteiger partial charge is 0.457 e. The van der Waals surface area contributed by atoms with Gasteiger partial charge in [-0.3, -0.25) is 14.7 Å². The van der Waals surface area contributed by atoms with E-state index in [1.807, 2.05) is 6.92 Å². The van der Waals surface area contributed by atoms with Gasteiger partial charge in [0.15, 0.2) is 0 Å². The second-order valence-electron chi connectivity index (χ2n) is 10.5. The number of anilines is 2. The number of benzene rings is 2. The number of halogens is 1. The highest BCUT2D eigenvalue weighted by Gasteiger charge is 2.19. The molecule has 44 heavy (non-hydrogen) atoms. The van der Waals surface area contributed by atoms with Crippen LogP contribution in [0.1, 0.15) is 22.3 Å². The fraction of sp³-hybridized carbons (Fsp3) is 0.281. The summed E-state index contributed by atoms with van der Waals surface area (Å²) in [6.45, 7) is 5.30. The van der Waals surface area contributed by atoms with E-state index in [0.717, 1.165) is 25.1 Å². The average Bonchev–Trinajstić information content (AvgIpc) is 3.53. The van der Waals surface area contributed by atoms with Crippen molar-refractivity contribution < 1.29 is 28.6 Å². The summed E-state index contributed by atoms with van der Waals surface area (Å²) in [4.78, 5) is 34.7. The molecule has 0 spiro atoms. The van der Waals surface area contributed by atoms with Crippen LogP contribution < -0.4 is 20.7 Å². The van der Waals surface area contributed by atoms with Crippen LogP contribution in [-0.4, -0.2) is 77.4 Å². The topological polar surface area (TPSA) is 141 Å². The van der Waals surface area contributed by atoms with Crippen molar-refractivity contribution in [3.63, 3.8) is 0 Å². The molecule has 1 aliphatic heterocycles. The molecule has 0 bridgehead atoms. The summed E-state index contributed by atoms with van der Waals surface area (Å²) in [5.41, 5.74) is 3.20. The van der Waals surface area contributed by atoms with E-state index in [9.17, 15) is 19.1 Å². The van der Waals surface area contributed by atoms with E-state index in [2.05, 4.69) is 30.8 Å². The van der Waals surface area contributed by atoms with Gasteiger partial charge in [0.2, 0.25) is 0 Å². The summed E-state index contributed by atoms with van der Waals surface area (Å²) < 4.78 is 25.4. The number of aromatic amines is 1. The van der Waals surface area contributed by atoms with E-state index in [1.54, 1.807) is 67.0 Å². The van der Waals surface area contributed by atoms with E-state index < -0.39 is 11.8 Å². The quantitative estimate of drug-likeness (QED) is 0.156. The monoisotopic (exact) mass is 602 g/mol. The fourth-order valence-corrected chi connectivity index (χ4v) is 4.76. The van der Waals surface area contributed by atoms with Crippen molar-refractivity contribution in [1.29, 1.82) is 0 Å². The van der Waals surface area contributed by atoms with Crippen molar-refractivity contribution in [2.24, 2.45) is 0 Å². The zero-order valence-corrected chi connectivity index (χ0v) is 24.3. The summed E-state index contributed by atoms with van der Waals surface area (Å²) in [6.07, 6.45) is 3.90. The van der Waals surface area contributed by atoms with Crippen LogP contribution in [0.25, 0.3) is 11.4 Å². The van der Waals surface area contributed by atoms with Crippen LogP contribution in [0.3, 0.4) is 0 Å². The summed E-state index contributed by atoms with van der Waals surface area (Å²) in [6, 6.07) is 15.9. The van der Waals surface area contributed by atoms with Gasteiger partial charge >= 0.3 is 6.03 Å². The Labute approximate surface area is 254 Å². The maximum Gasteiger partial charge on any atom is 0.323 e. The highest BCUT2D eigenvalue weighted by molar-refractivity contribution is 6.00. The molecule has 5 N–H and O–H groups in total. The minimum absolute atomic E-state index is 0.0135. The Bertz CT molecular complexity index is 1580. The van der Waals surface area contributed by atoms with E-state index in [-0.39, 0.29) is 24.3 Å². The van der Waals surface area contributed by atoms with Crippen LogP contribution >= 0.6 is 0 Å². The van der Waals surface area contributed by atoms with Gasteiger partial charge in [0.25, 0.3) is 5.91 Å². The van der Waals surface area contributed by atoms with E-state index in [1.165, 1.54) is 6.07 Å². The second kappa shape index (κ2) is 14.6. The highest BCUT2D eigenvalue weighted by atomic mass is 19.1. The number of hydrogen-bond donors (Lipinski definition) is 5. The van der Waals surface area contributed by atoms with Crippen molar-refractivity contribution >= 4 is 23.3 Å². The Balaban J connectivity index is 1.10. The van der Waals surface area contributed by atoms with Crippen LogP contribution in [0.2, 0.25) is 0 Å². The summed E-state index contributed by atoms with van der Waals surface area (Å²) in [5.74, 6) is 0.379. The number of hydrogen-bond acceptors (Lipinski definition) is 7. The number of H-pyrrole nitrogens is 1. The van der Waals surface area contributed by atoms with E-state index in [0.29, 0.717) is 53.8 Å². The summed E-state index contributed by atoms with van der Waals surface area (Å²) in [7, 11) is 0. The summed E-state index contributed by atoms with van der Waals surface area (Å²) >= 11 is 0. The van der Waals surface area contributed by atoms with Gasteiger partial charge in [-0.1, -0.05) is 6.07 Å². The molecule has 1 saturated heterocycles. The number of aromatic nitrogens is 2. The molecule has 4 aromatic rings. The minimum Gasteiger partial charge on any atom is -0.457 e. The van der Waals surface area contributed by atoms with Gasteiger partial charge in [-0.2, -0.15) is 0 Å². The normalized spacial score (nSPS) is 15.0. The minimum atomic E-state index is -0.564. The van der Waals surface area contributed by atoms with Gasteiger partial charge < -0.3 is 35.5 Å². The third-order valence-electron chi connectivity index (χ3n) is 7.03. The molecule has 11 nitrogen and oxygen atoms in total. The number of carbonyl (C=O) groups is 2. The van der Waals surface area contributed by atoms with Crippen molar-refractivity contribution in [3.05, 3.63) is 90.0 Å². The zero-order chi connectivity index (χ0) is 30.9. The maximum absolute atomic E-state index is 13.9. The lowest BCUT2D eigenvalue weighted by Crippen LogP contribution is -2.44. The third kappa shape index (κ3) is 8.40. The van der Waals surface area contributed by atoms with Crippen molar-refractivity contribution in [2.75, 3.05) is 50.0 Å². The van der Waals surface area contributed by atoms with Crippen LogP contribution in [0.15, 0.2) is 73.1 Å². The molecular weight excluding hydrogens is 567 g/mol. The Morgan fingerprint density at radius 2 is 1.95 bits per heavy atom.